The first-order valence-corrected chi connectivity index (χ1v) is 9.44. The number of amidine groups is 1. The van der Waals surface area contributed by atoms with Crippen molar-refractivity contribution >= 4 is 40.6 Å². The molecule has 0 aromatic heterocycles. The molecule has 0 saturated carbocycles. The van der Waals surface area contributed by atoms with Gasteiger partial charge in [0.15, 0.2) is 5.17 Å². The number of carboxylic acids is 1. The lowest BCUT2D eigenvalue weighted by Gasteiger charge is -2.06. The van der Waals surface area contributed by atoms with Gasteiger partial charge in [-0.1, -0.05) is 18.2 Å². The Hall–Kier alpha value is -3.27. The van der Waals surface area contributed by atoms with Gasteiger partial charge in [0.05, 0.1) is 29.2 Å². The van der Waals surface area contributed by atoms with E-state index in [9.17, 15) is 22.8 Å². The van der Waals surface area contributed by atoms with Crippen molar-refractivity contribution in [3.8, 4) is 5.75 Å². The molecule has 1 heterocycles. The van der Waals surface area contributed by atoms with Crippen LogP contribution in [0.3, 0.4) is 0 Å². The van der Waals surface area contributed by atoms with Crippen LogP contribution in [-0.4, -0.2) is 28.8 Å². The van der Waals surface area contributed by atoms with Crippen molar-refractivity contribution in [1.29, 1.82) is 0 Å². The summed E-state index contributed by atoms with van der Waals surface area (Å²) in [5.74, 6) is -0.949. The number of benzene rings is 2. The molecule has 1 amide bonds. The number of carbonyl (C=O) groups is 2. The molecule has 2 N–H and O–H groups in total. The number of ether oxygens (including phenoxy) is 1. The van der Waals surface area contributed by atoms with Crippen LogP contribution in [0.5, 0.6) is 5.75 Å². The minimum atomic E-state index is -4.48. The average Bonchev–Trinajstić information content (AvgIpc) is 3.00. The Morgan fingerprint density at radius 2 is 1.97 bits per heavy atom. The minimum absolute atomic E-state index is 0.0123. The Labute approximate surface area is 173 Å². The first-order valence-electron chi connectivity index (χ1n) is 8.62. The predicted octanol–water partition coefficient (Wildman–Crippen LogP) is 4.45. The summed E-state index contributed by atoms with van der Waals surface area (Å²) in [6.07, 6.45) is -3.04. The van der Waals surface area contributed by atoms with E-state index in [-0.39, 0.29) is 23.9 Å². The van der Waals surface area contributed by atoms with Crippen LogP contribution in [0.25, 0.3) is 6.08 Å². The van der Waals surface area contributed by atoms with Crippen LogP contribution in [0.15, 0.2) is 58.4 Å². The summed E-state index contributed by atoms with van der Waals surface area (Å²) in [7, 11) is 0. The van der Waals surface area contributed by atoms with E-state index in [0.717, 1.165) is 23.9 Å². The van der Waals surface area contributed by atoms with Crippen molar-refractivity contribution < 1.29 is 32.6 Å². The average molecular weight is 436 g/mol. The van der Waals surface area contributed by atoms with Crippen molar-refractivity contribution in [3.63, 3.8) is 0 Å². The topological polar surface area (TPSA) is 88.0 Å². The number of aliphatic imine (C=N–C) groups is 1. The monoisotopic (exact) mass is 436 g/mol. The fraction of sp³-hybridized carbons (Fsp3) is 0.150. The second-order valence-corrected chi connectivity index (χ2v) is 7.13. The number of carbonyl (C=O) groups excluding carboxylic acids is 1. The smallest absolute Gasteiger partial charge is 0.416 e. The van der Waals surface area contributed by atoms with Crippen LogP contribution in [0.4, 0.5) is 18.9 Å². The number of aliphatic carboxylic acids is 1. The van der Waals surface area contributed by atoms with E-state index in [1.165, 1.54) is 12.1 Å². The molecular weight excluding hydrogens is 421 g/mol. The minimum Gasteiger partial charge on any atom is -0.493 e. The number of hydrogen-bond acceptors (Lipinski definition) is 5. The molecule has 30 heavy (non-hydrogen) atoms. The van der Waals surface area contributed by atoms with Crippen LogP contribution in [-0.2, 0) is 15.8 Å². The highest BCUT2D eigenvalue weighted by molar-refractivity contribution is 8.18. The van der Waals surface area contributed by atoms with E-state index in [1.807, 2.05) is 0 Å². The molecule has 0 spiro atoms. The van der Waals surface area contributed by atoms with Crippen LogP contribution >= 0.6 is 11.8 Å². The normalized spacial score (nSPS) is 16.7. The Bertz CT molecular complexity index is 1030. The predicted molar refractivity (Wildman–Crippen MR) is 106 cm³/mol. The van der Waals surface area contributed by atoms with Crippen LogP contribution < -0.4 is 10.1 Å². The molecule has 1 aliphatic heterocycles. The maximum absolute atomic E-state index is 12.8. The number of amides is 1. The Kier molecular flexibility index (Phi) is 6.46. The van der Waals surface area contributed by atoms with E-state index >= 15 is 0 Å². The molecule has 0 aliphatic carbocycles. The third-order valence-corrected chi connectivity index (χ3v) is 4.71. The van der Waals surface area contributed by atoms with Crippen molar-refractivity contribution in [2.24, 2.45) is 4.99 Å². The highest BCUT2D eigenvalue weighted by atomic mass is 32.2. The van der Waals surface area contributed by atoms with Crippen LogP contribution in [0, 0.1) is 0 Å². The van der Waals surface area contributed by atoms with E-state index in [4.69, 9.17) is 9.84 Å². The molecule has 10 heteroatoms. The molecule has 1 aliphatic rings. The number of nitrogens with zero attached hydrogens (tertiary/aromatic N) is 1. The summed E-state index contributed by atoms with van der Waals surface area (Å²) in [5.41, 5.74) is -0.113. The Morgan fingerprint density at radius 3 is 2.70 bits per heavy atom. The second kappa shape index (κ2) is 9.04. The fourth-order valence-electron chi connectivity index (χ4n) is 2.45. The molecule has 0 atom stereocenters. The van der Waals surface area contributed by atoms with Gasteiger partial charge in [0.1, 0.15) is 5.75 Å². The van der Waals surface area contributed by atoms with Gasteiger partial charge in [0, 0.05) is 0 Å². The summed E-state index contributed by atoms with van der Waals surface area (Å²) < 4.78 is 43.8. The van der Waals surface area contributed by atoms with Crippen molar-refractivity contribution in [3.05, 3.63) is 64.6 Å². The summed E-state index contributed by atoms with van der Waals surface area (Å²) in [5, 5.41) is 11.3. The largest absolute Gasteiger partial charge is 0.493 e. The second-order valence-electron chi connectivity index (χ2n) is 6.09. The van der Waals surface area contributed by atoms with Gasteiger partial charge in [-0.25, -0.2) is 4.99 Å². The van der Waals surface area contributed by atoms with Gasteiger partial charge < -0.3 is 15.2 Å². The Morgan fingerprint density at radius 1 is 1.20 bits per heavy atom. The molecular formula is C20H15F3N2O4S. The highest BCUT2D eigenvalue weighted by Crippen LogP contribution is 2.33. The Balaban J connectivity index is 1.74. The molecule has 6 nitrogen and oxygen atoms in total. The third kappa shape index (κ3) is 5.86. The molecule has 2 aromatic rings. The summed E-state index contributed by atoms with van der Waals surface area (Å²) in [4.78, 5) is 27.1. The molecule has 0 unspecified atom stereocenters. The van der Waals surface area contributed by atoms with Gasteiger partial charge >= 0.3 is 12.1 Å². The first kappa shape index (κ1) is 21.4. The maximum Gasteiger partial charge on any atom is 0.416 e. The van der Waals surface area contributed by atoms with E-state index in [2.05, 4.69) is 10.3 Å². The first-order chi connectivity index (χ1) is 14.2. The number of hydrogen-bond donors (Lipinski definition) is 2. The molecule has 3 rings (SSSR count). The van der Waals surface area contributed by atoms with Gasteiger partial charge in [0.2, 0.25) is 0 Å². The molecule has 0 radical (unpaired) electrons. The zero-order valence-electron chi connectivity index (χ0n) is 15.3. The van der Waals surface area contributed by atoms with E-state index in [1.54, 1.807) is 30.3 Å². The van der Waals surface area contributed by atoms with Gasteiger partial charge in [-0.2, -0.15) is 13.2 Å². The molecule has 1 saturated heterocycles. The lowest BCUT2D eigenvalue weighted by atomic mass is 10.2. The third-order valence-electron chi connectivity index (χ3n) is 3.80. The van der Waals surface area contributed by atoms with Crippen molar-refractivity contribution in [2.75, 3.05) is 6.61 Å². The number of rotatable bonds is 6. The van der Waals surface area contributed by atoms with Gasteiger partial charge in [0.25, 0.3) is 5.91 Å². The number of nitrogens with one attached hydrogen (secondary N) is 1. The molecule has 0 bridgehead atoms. The van der Waals surface area contributed by atoms with Crippen LogP contribution in [0.2, 0.25) is 0 Å². The molecule has 1 fully saturated rings. The fourth-order valence-corrected chi connectivity index (χ4v) is 3.29. The van der Waals surface area contributed by atoms with E-state index in [0.29, 0.717) is 16.2 Å². The summed E-state index contributed by atoms with van der Waals surface area (Å²) in [6.45, 7) is 0.0123. The zero-order chi connectivity index (χ0) is 21.7. The lowest BCUT2D eigenvalue weighted by molar-refractivity contribution is -0.138. The number of thioether (sulfide) groups is 1. The number of halogens is 3. The molecule has 156 valence electrons. The van der Waals surface area contributed by atoms with Crippen molar-refractivity contribution in [2.45, 2.75) is 12.6 Å². The summed E-state index contributed by atoms with van der Waals surface area (Å²) in [6, 6.07) is 11.2. The van der Waals surface area contributed by atoms with Gasteiger partial charge in [-0.15, -0.1) is 0 Å². The van der Waals surface area contributed by atoms with Crippen molar-refractivity contribution in [1.82, 2.24) is 5.32 Å². The lowest BCUT2D eigenvalue weighted by Crippen LogP contribution is -2.19. The van der Waals surface area contributed by atoms with E-state index < -0.39 is 23.6 Å². The number of carboxylic acid groups (broad SMARTS) is 1. The zero-order valence-corrected chi connectivity index (χ0v) is 16.1. The highest BCUT2D eigenvalue weighted by Gasteiger charge is 2.30. The summed E-state index contributed by atoms with van der Waals surface area (Å²) >= 11 is 1.00. The quantitative estimate of drug-likeness (QED) is 0.654. The molecule has 2 aromatic carbocycles. The number of alkyl halides is 3. The van der Waals surface area contributed by atoms with Gasteiger partial charge in [-0.3, -0.25) is 9.59 Å². The SMILES string of the molecule is O=C(O)CCOc1cccc(/C=C2\SC(=Nc3cccc(C(F)(F)F)c3)NC2=O)c1. The van der Waals surface area contributed by atoms with Crippen LogP contribution in [0.1, 0.15) is 17.5 Å². The maximum atomic E-state index is 12.8. The van der Waals surface area contributed by atoms with Gasteiger partial charge in [-0.05, 0) is 53.7 Å². The standard InChI is InChI=1S/C20H15F3N2O4S/c21-20(22,23)13-4-2-5-14(11-13)24-19-25-18(28)16(30-19)10-12-3-1-6-15(9-12)29-8-7-17(26)27/h1-6,9-11H,7-8H2,(H,26,27)(H,24,25,28)/b16-10-.